The topological polar surface area (TPSA) is 88.3 Å². The predicted molar refractivity (Wildman–Crippen MR) is 103 cm³/mol. The second-order valence-electron chi connectivity index (χ2n) is 6.87. The summed E-state index contributed by atoms with van der Waals surface area (Å²) in [7, 11) is 0. The Kier molecular flexibility index (Phi) is 4.58. The number of carbonyl (C=O) groups is 1. The molecule has 2 aromatic heterocycles. The lowest BCUT2D eigenvalue weighted by Crippen LogP contribution is -2.34. The fourth-order valence-corrected chi connectivity index (χ4v) is 3.17. The van der Waals surface area contributed by atoms with Crippen LogP contribution >= 0.6 is 0 Å². The van der Waals surface area contributed by atoms with Gasteiger partial charge in [-0.1, -0.05) is 19.1 Å². The summed E-state index contributed by atoms with van der Waals surface area (Å²) in [6.07, 6.45) is 5.39. The summed E-state index contributed by atoms with van der Waals surface area (Å²) in [5.41, 5.74) is 0.568. The molecule has 7 heteroatoms. The number of amides is 1. The first-order valence-electron chi connectivity index (χ1n) is 9.01. The third kappa shape index (κ3) is 3.67. The summed E-state index contributed by atoms with van der Waals surface area (Å²) in [5, 5.41) is 3.11. The van der Waals surface area contributed by atoms with Crippen LogP contribution in [0.5, 0.6) is 0 Å². The molecule has 1 saturated heterocycles. The molecule has 4 rings (SSSR count). The van der Waals surface area contributed by atoms with Crippen molar-refractivity contribution >= 4 is 28.5 Å². The Labute approximate surface area is 156 Å². The second-order valence-corrected chi connectivity index (χ2v) is 6.87. The molecule has 3 aromatic rings. The van der Waals surface area contributed by atoms with E-state index in [0.29, 0.717) is 22.6 Å². The van der Waals surface area contributed by atoms with Crippen molar-refractivity contribution in [3.05, 3.63) is 58.7 Å². The third-order valence-electron chi connectivity index (χ3n) is 4.82. The van der Waals surface area contributed by atoms with E-state index in [4.69, 9.17) is 4.42 Å². The maximum atomic E-state index is 12.4. The molecule has 1 aromatic carbocycles. The Hall–Kier alpha value is -3.22. The molecular weight excluding hydrogens is 344 g/mol. The molecule has 1 aliphatic rings. The van der Waals surface area contributed by atoms with E-state index in [1.807, 2.05) is 0 Å². The first-order chi connectivity index (χ1) is 13.1. The Bertz CT molecular complexity index is 1020. The predicted octanol–water partition coefficient (Wildman–Crippen LogP) is 3.07. The minimum Gasteiger partial charge on any atom is -0.451 e. The largest absolute Gasteiger partial charge is 0.451 e. The van der Waals surface area contributed by atoms with E-state index in [1.54, 1.807) is 36.7 Å². The highest BCUT2D eigenvalue weighted by Crippen LogP contribution is 2.20. The fraction of sp³-hybridized carbons (Fsp3) is 0.300. The summed E-state index contributed by atoms with van der Waals surface area (Å²) < 4.78 is 5.54. The summed E-state index contributed by atoms with van der Waals surface area (Å²) in [5.74, 6) is 0.836. The summed E-state index contributed by atoms with van der Waals surface area (Å²) in [4.78, 5) is 35.4. The van der Waals surface area contributed by atoms with Crippen LogP contribution in [-0.2, 0) is 0 Å². The average Bonchev–Trinajstić information content (AvgIpc) is 2.69. The SMILES string of the molecule is CC1CCN(c2ncc(NC(=O)c3cc(=O)c4ccccc4o3)cn2)CC1. The van der Waals surface area contributed by atoms with E-state index in [1.165, 1.54) is 6.07 Å². The van der Waals surface area contributed by atoms with Gasteiger partial charge in [0.15, 0.2) is 11.2 Å². The summed E-state index contributed by atoms with van der Waals surface area (Å²) in [6.45, 7) is 4.13. The number of nitrogens with zero attached hydrogens (tertiary/aromatic N) is 3. The van der Waals surface area contributed by atoms with Crippen molar-refractivity contribution in [1.29, 1.82) is 0 Å². The molecule has 138 valence electrons. The molecule has 7 nitrogen and oxygen atoms in total. The van der Waals surface area contributed by atoms with Crippen LogP contribution in [0.2, 0.25) is 0 Å². The Morgan fingerprint density at radius 1 is 1.19 bits per heavy atom. The number of fused-ring (bicyclic) bond motifs is 1. The van der Waals surface area contributed by atoms with Gasteiger partial charge in [0, 0.05) is 19.2 Å². The van der Waals surface area contributed by atoms with Crippen molar-refractivity contribution < 1.29 is 9.21 Å². The molecule has 0 unspecified atom stereocenters. The average molecular weight is 364 g/mol. The van der Waals surface area contributed by atoms with Gasteiger partial charge in [0.05, 0.1) is 23.5 Å². The minimum absolute atomic E-state index is 0.0483. The van der Waals surface area contributed by atoms with Gasteiger partial charge >= 0.3 is 0 Å². The number of hydrogen-bond donors (Lipinski definition) is 1. The molecule has 0 radical (unpaired) electrons. The minimum atomic E-state index is -0.513. The standard InChI is InChI=1S/C20H20N4O3/c1-13-6-8-24(9-7-13)20-21-11-14(12-22-20)23-19(26)18-10-16(25)15-4-2-3-5-17(15)27-18/h2-5,10-13H,6-9H2,1H3,(H,23,26). The Morgan fingerprint density at radius 2 is 1.89 bits per heavy atom. The van der Waals surface area contributed by atoms with E-state index in [2.05, 4.69) is 27.1 Å². The number of aromatic nitrogens is 2. The fourth-order valence-electron chi connectivity index (χ4n) is 3.17. The number of piperidine rings is 1. The number of nitrogens with one attached hydrogen (secondary N) is 1. The van der Waals surface area contributed by atoms with E-state index in [0.717, 1.165) is 31.8 Å². The molecule has 1 N–H and O–H groups in total. The number of rotatable bonds is 3. The highest BCUT2D eigenvalue weighted by Gasteiger charge is 2.18. The molecule has 3 heterocycles. The van der Waals surface area contributed by atoms with Crippen molar-refractivity contribution in [2.24, 2.45) is 5.92 Å². The lowest BCUT2D eigenvalue weighted by molar-refractivity contribution is 0.0997. The molecule has 0 bridgehead atoms. The van der Waals surface area contributed by atoms with E-state index in [-0.39, 0.29) is 11.2 Å². The Morgan fingerprint density at radius 3 is 2.63 bits per heavy atom. The third-order valence-corrected chi connectivity index (χ3v) is 4.82. The van der Waals surface area contributed by atoms with Gasteiger partial charge in [-0.05, 0) is 30.9 Å². The second kappa shape index (κ2) is 7.19. The number of carbonyl (C=O) groups excluding carboxylic acids is 1. The quantitative estimate of drug-likeness (QED) is 0.768. The van der Waals surface area contributed by atoms with Gasteiger partial charge in [0.2, 0.25) is 5.95 Å². The van der Waals surface area contributed by atoms with Crippen LogP contribution in [-0.4, -0.2) is 29.0 Å². The van der Waals surface area contributed by atoms with Crippen molar-refractivity contribution in [3.8, 4) is 0 Å². The van der Waals surface area contributed by atoms with Crippen LogP contribution in [0.15, 0.2) is 51.9 Å². The van der Waals surface area contributed by atoms with Crippen LogP contribution in [0.1, 0.15) is 30.3 Å². The monoisotopic (exact) mass is 364 g/mol. The lowest BCUT2D eigenvalue weighted by Gasteiger charge is -2.30. The van der Waals surface area contributed by atoms with Gasteiger partial charge in [-0.25, -0.2) is 9.97 Å². The smallest absolute Gasteiger partial charge is 0.291 e. The molecule has 0 aliphatic carbocycles. The zero-order chi connectivity index (χ0) is 18.8. The summed E-state index contributed by atoms with van der Waals surface area (Å²) >= 11 is 0. The van der Waals surface area contributed by atoms with Crippen LogP contribution in [0.25, 0.3) is 11.0 Å². The van der Waals surface area contributed by atoms with Crippen LogP contribution in [0.3, 0.4) is 0 Å². The maximum Gasteiger partial charge on any atom is 0.291 e. The van der Waals surface area contributed by atoms with Crippen LogP contribution in [0.4, 0.5) is 11.6 Å². The van der Waals surface area contributed by atoms with Crippen molar-refractivity contribution in [3.63, 3.8) is 0 Å². The van der Waals surface area contributed by atoms with E-state index < -0.39 is 5.91 Å². The highest BCUT2D eigenvalue weighted by atomic mass is 16.3. The molecule has 1 amide bonds. The van der Waals surface area contributed by atoms with Gasteiger partial charge in [-0.2, -0.15) is 0 Å². The van der Waals surface area contributed by atoms with Gasteiger partial charge in [0.1, 0.15) is 5.58 Å². The van der Waals surface area contributed by atoms with E-state index >= 15 is 0 Å². The number of hydrogen-bond acceptors (Lipinski definition) is 6. The normalized spacial score (nSPS) is 15.1. The highest BCUT2D eigenvalue weighted by molar-refractivity contribution is 6.02. The molecule has 0 saturated carbocycles. The first kappa shape index (κ1) is 17.2. The molecule has 0 spiro atoms. The first-order valence-corrected chi connectivity index (χ1v) is 9.01. The molecule has 0 atom stereocenters. The van der Waals surface area contributed by atoms with E-state index in [9.17, 15) is 9.59 Å². The molecule has 27 heavy (non-hydrogen) atoms. The molecule has 1 aliphatic heterocycles. The van der Waals surface area contributed by atoms with Gasteiger partial charge in [0.25, 0.3) is 5.91 Å². The molecular formula is C20H20N4O3. The van der Waals surface area contributed by atoms with Gasteiger partial charge in [-0.3, -0.25) is 9.59 Å². The van der Waals surface area contributed by atoms with Gasteiger partial charge < -0.3 is 14.6 Å². The van der Waals surface area contributed by atoms with Gasteiger partial charge in [-0.15, -0.1) is 0 Å². The molecule has 1 fully saturated rings. The van der Waals surface area contributed by atoms with Crippen molar-refractivity contribution in [1.82, 2.24) is 9.97 Å². The Balaban J connectivity index is 1.49. The lowest BCUT2D eigenvalue weighted by atomic mass is 10.00. The number of benzene rings is 1. The van der Waals surface area contributed by atoms with Crippen molar-refractivity contribution in [2.75, 3.05) is 23.3 Å². The number of para-hydroxylation sites is 1. The van der Waals surface area contributed by atoms with Crippen molar-refractivity contribution in [2.45, 2.75) is 19.8 Å². The summed E-state index contributed by atoms with van der Waals surface area (Å²) in [6, 6.07) is 8.02. The zero-order valence-electron chi connectivity index (χ0n) is 15.0. The van der Waals surface area contributed by atoms with Crippen LogP contribution in [0, 0.1) is 5.92 Å². The maximum absolute atomic E-state index is 12.4. The number of anilines is 2. The zero-order valence-corrected chi connectivity index (χ0v) is 15.0. The van der Waals surface area contributed by atoms with Crippen LogP contribution < -0.4 is 15.6 Å².